The molecule has 16 heavy (non-hydrogen) atoms. The minimum atomic E-state index is -1.29. The summed E-state index contributed by atoms with van der Waals surface area (Å²) in [6.07, 6.45) is 0.265. The standard InChI is InChI=1S/C13H13BO2.2H2/c15-14(16)10-11-5-4-8-13(9-11)12-6-2-1-3-7-12;;/h1-9,15-16H,10H2;2*1H. The predicted molar refractivity (Wildman–Crippen MR) is 70.0 cm³/mol. The molecule has 0 spiro atoms. The Labute approximate surface area is 98.3 Å². The number of hydrogen-bond donors (Lipinski definition) is 2. The summed E-state index contributed by atoms with van der Waals surface area (Å²) in [5, 5.41) is 17.8. The Morgan fingerprint density at radius 3 is 2.25 bits per heavy atom. The van der Waals surface area contributed by atoms with Crippen LogP contribution in [0.25, 0.3) is 11.1 Å². The molecule has 0 amide bonds. The van der Waals surface area contributed by atoms with Gasteiger partial charge in [-0.15, -0.1) is 0 Å². The van der Waals surface area contributed by atoms with Crippen LogP contribution in [-0.4, -0.2) is 17.2 Å². The van der Waals surface area contributed by atoms with Gasteiger partial charge in [0.1, 0.15) is 0 Å². The Kier molecular flexibility index (Phi) is 3.39. The molecule has 0 saturated heterocycles. The van der Waals surface area contributed by atoms with Gasteiger partial charge in [0.25, 0.3) is 0 Å². The van der Waals surface area contributed by atoms with Crippen molar-refractivity contribution in [2.75, 3.05) is 0 Å². The zero-order valence-corrected chi connectivity index (χ0v) is 8.88. The highest BCUT2D eigenvalue weighted by molar-refractivity contribution is 6.40. The molecule has 0 atom stereocenters. The van der Waals surface area contributed by atoms with Crippen LogP contribution >= 0.6 is 0 Å². The van der Waals surface area contributed by atoms with Crippen molar-refractivity contribution < 1.29 is 12.9 Å². The molecule has 2 N–H and O–H groups in total. The third kappa shape index (κ3) is 2.72. The largest absolute Gasteiger partial charge is 0.456 e. The molecule has 0 bridgehead atoms. The lowest BCUT2D eigenvalue weighted by atomic mass is 9.81. The van der Waals surface area contributed by atoms with Crippen LogP contribution in [0.5, 0.6) is 0 Å². The number of benzene rings is 2. The number of rotatable bonds is 3. The predicted octanol–water partition coefficient (Wildman–Crippen LogP) is 2.40. The zero-order valence-electron chi connectivity index (χ0n) is 8.88. The van der Waals surface area contributed by atoms with Crippen LogP contribution < -0.4 is 0 Å². The third-order valence-electron chi connectivity index (χ3n) is 2.45. The van der Waals surface area contributed by atoms with E-state index in [1.165, 1.54) is 0 Å². The summed E-state index contributed by atoms with van der Waals surface area (Å²) in [6, 6.07) is 17.9. The molecular weight excluding hydrogens is 199 g/mol. The molecule has 3 heteroatoms. The maximum absolute atomic E-state index is 8.92. The highest BCUT2D eigenvalue weighted by Crippen LogP contribution is 2.20. The molecule has 0 aliphatic carbocycles. The molecule has 0 radical (unpaired) electrons. The second-order valence-corrected chi connectivity index (χ2v) is 3.75. The van der Waals surface area contributed by atoms with Gasteiger partial charge in [-0.3, -0.25) is 0 Å². The van der Waals surface area contributed by atoms with Crippen molar-refractivity contribution in [2.24, 2.45) is 0 Å². The summed E-state index contributed by atoms with van der Waals surface area (Å²) in [7, 11) is -1.29. The van der Waals surface area contributed by atoms with Gasteiger partial charge in [-0.2, -0.15) is 0 Å². The fourth-order valence-electron chi connectivity index (χ4n) is 1.72. The van der Waals surface area contributed by atoms with Crippen LogP contribution in [0, 0.1) is 0 Å². The van der Waals surface area contributed by atoms with E-state index in [4.69, 9.17) is 10.0 Å². The fraction of sp³-hybridized carbons (Fsp3) is 0.0769. The van der Waals surface area contributed by atoms with E-state index < -0.39 is 7.12 Å². The maximum atomic E-state index is 8.92. The summed E-state index contributed by atoms with van der Waals surface area (Å²) in [5.41, 5.74) is 3.16. The molecule has 84 valence electrons. The first-order valence-corrected chi connectivity index (χ1v) is 5.26. The van der Waals surface area contributed by atoms with Crippen LogP contribution in [0.4, 0.5) is 0 Å². The first-order chi connectivity index (χ1) is 7.75. The van der Waals surface area contributed by atoms with E-state index in [0.717, 1.165) is 16.7 Å². The van der Waals surface area contributed by atoms with Gasteiger partial charge < -0.3 is 10.0 Å². The van der Waals surface area contributed by atoms with Gasteiger partial charge >= 0.3 is 7.12 Å². The highest BCUT2D eigenvalue weighted by atomic mass is 16.4. The summed E-state index contributed by atoms with van der Waals surface area (Å²) in [4.78, 5) is 0. The summed E-state index contributed by atoms with van der Waals surface area (Å²) in [6.45, 7) is 0. The van der Waals surface area contributed by atoms with Crippen molar-refractivity contribution in [3.63, 3.8) is 0 Å². The lowest BCUT2D eigenvalue weighted by Crippen LogP contribution is -2.14. The molecule has 0 aromatic heterocycles. The SMILES string of the molecule is OB(O)Cc1cccc(-c2ccccc2)c1.[HH].[HH]. The topological polar surface area (TPSA) is 40.5 Å². The number of hydrogen-bond acceptors (Lipinski definition) is 2. The molecule has 0 fully saturated rings. The molecule has 2 aromatic rings. The van der Waals surface area contributed by atoms with Crippen molar-refractivity contribution in [1.82, 2.24) is 0 Å². The molecule has 2 nitrogen and oxygen atoms in total. The zero-order chi connectivity index (χ0) is 11.4. The Hall–Kier alpha value is -1.58. The smallest absolute Gasteiger partial charge is 0.427 e. The van der Waals surface area contributed by atoms with E-state index in [1.54, 1.807) is 0 Å². The van der Waals surface area contributed by atoms with Gasteiger partial charge in [0.05, 0.1) is 0 Å². The molecule has 0 unspecified atom stereocenters. The van der Waals surface area contributed by atoms with Crippen molar-refractivity contribution in [2.45, 2.75) is 6.32 Å². The van der Waals surface area contributed by atoms with Gasteiger partial charge in [0.15, 0.2) is 0 Å². The quantitative estimate of drug-likeness (QED) is 0.773. The van der Waals surface area contributed by atoms with E-state index in [2.05, 4.69) is 0 Å². The Bertz CT molecular complexity index is 464. The van der Waals surface area contributed by atoms with Gasteiger partial charge in [0.2, 0.25) is 0 Å². The van der Waals surface area contributed by atoms with E-state index >= 15 is 0 Å². The highest BCUT2D eigenvalue weighted by Gasteiger charge is 2.08. The minimum absolute atomic E-state index is 0. The molecule has 2 aromatic carbocycles. The Balaban J connectivity index is 0.00000144. The molecule has 0 heterocycles. The summed E-state index contributed by atoms with van der Waals surface area (Å²) >= 11 is 0. The molecule has 2 rings (SSSR count). The van der Waals surface area contributed by atoms with Crippen molar-refractivity contribution in [3.8, 4) is 11.1 Å². The van der Waals surface area contributed by atoms with Gasteiger partial charge in [-0.1, -0.05) is 54.6 Å². The second kappa shape index (κ2) is 4.97. The lowest BCUT2D eigenvalue weighted by molar-refractivity contribution is 0.405. The summed E-state index contributed by atoms with van der Waals surface area (Å²) < 4.78 is 0. The Morgan fingerprint density at radius 2 is 1.56 bits per heavy atom. The monoisotopic (exact) mass is 216 g/mol. The van der Waals surface area contributed by atoms with E-state index in [9.17, 15) is 0 Å². The van der Waals surface area contributed by atoms with E-state index in [1.807, 2.05) is 54.6 Å². The van der Waals surface area contributed by atoms with Gasteiger partial charge in [-0.05, 0) is 16.7 Å². The average molecular weight is 216 g/mol. The van der Waals surface area contributed by atoms with Gasteiger partial charge in [0, 0.05) is 9.17 Å². The first-order valence-electron chi connectivity index (χ1n) is 5.26. The van der Waals surface area contributed by atoms with Crippen LogP contribution in [0.1, 0.15) is 8.42 Å². The van der Waals surface area contributed by atoms with Crippen molar-refractivity contribution >= 4 is 7.12 Å². The van der Waals surface area contributed by atoms with Crippen LogP contribution in [0.2, 0.25) is 0 Å². The first kappa shape index (κ1) is 10.9. The van der Waals surface area contributed by atoms with Gasteiger partial charge in [-0.25, -0.2) is 0 Å². The Morgan fingerprint density at radius 1 is 0.875 bits per heavy atom. The molecule has 0 aliphatic heterocycles. The third-order valence-corrected chi connectivity index (χ3v) is 2.45. The van der Waals surface area contributed by atoms with E-state index in [0.29, 0.717) is 0 Å². The van der Waals surface area contributed by atoms with Crippen LogP contribution in [-0.2, 0) is 6.32 Å². The maximum Gasteiger partial charge on any atom is 0.456 e. The van der Waals surface area contributed by atoms with Crippen molar-refractivity contribution in [3.05, 3.63) is 60.2 Å². The molecular formula is C13H17BO2. The van der Waals surface area contributed by atoms with Crippen LogP contribution in [0.3, 0.4) is 0 Å². The fourth-order valence-corrected chi connectivity index (χ4v) is 1.72. The normalized spacial score (nSPS) is 10.1. The average Bonchev–Trinajstić information content (AvgIpc) is 2.30. The molecule has 0 aliphatic rings. The second-order valence-electron chi connectivity index (χ2n) is 3.75. The summed E-state index contributed by atoms with van der Waals surface area (Å²) in [5.74, 6) is 0. The lowest BCUT2D eigenvalue weighted by Gasteiger charge is -2.05. The molecule has 0 saturated carbocycles. The minimum Gasteiger partial charge on any atom is -0.427 e. The van der Waals surface area contributed by atoms with Crippen LogP contribution in [0.15, 0.2) is 54.6 Å². The van der Waals surface area contributed by atoms with E-state index in [-0.39, 0.29) is 9.17 Å². The van der Waals surface area contributed by atoms with Crippen molar-refractivity contribution in [1.29, 1.82) is 0 Å².